The second-order valence-corrected chi connectivity index (χ2v) is 14.0. The van der Waals surface area contributed by atoms with Gasteiger partial charge in [-0.15, -0.1) is 0 Å². The first kappa shape index (κ1) is 30.7. The zero-order valence-corrected chi connectivity index (χ0v) is 29.5. The predicted octanol–water partition coefficient (Wildman–Crippen LogP) is 12.4. The zero-order valence-electron chi connectivity index (χ0n) is 29.5. The quantitative estimate of drug-likeness (QED) is 0.184. The Bertz CT molecular complexity index is 3420. The van der Waals surface area contributed by atoms with Crippen molar-refractivity contribution in [1.82, 2.24) is 13.7 Å². The van der Waals surface area contributed by atoms with E-state index >= 15 is 0 Å². The average molecular weight is 700 g/mol. The third-order valence-electron chi connectivity index (χ3n) is 11.1. The van der Waals surface area contributed by atoms with E-state index in [0.717, 1.165) is 66.4 Å². The van der Waals surface area contributed by atoms with E-state index in [-0.39, 0.29) is 0 Å². The molecule has 0 aliphatic carbocycles. The Balaban J connectivity index is 1.14. The van der Waals surface area contributed by atoms with Crippen molar-refractivity contribution in [1.29, 1.82) is 10.5 Å². The van der Waals surface area contributed by atoms with Gasteiger partial charge in [0.2, 0.25) is 0 Å². The van der Waals surface area contributed by atoms with Gasteiger partial charge in [-0.25, -0.2) is 0 Å². The number of hydrogen-bond donors (Lipinski definition) is 0. The van der Waals surface area contributed by atoms with Crippen molar-refractivity contribution < 1.29 is 0 Å². The molecule has 0 bridgehead atoms. The molecule has 3 aromatic heterocycles. The fourth-order valence-corrected chi connectivity index (χ4v) is 8.80. The molecule has 55 heavy (non-hydrogen) atoms. The average Bonchev–Trinajstić information content (AvgIpc) is 3.88. The van der Waals surface area contributed by atoms with E-state index in [9.17, 15) is 10.5 Å². The van der Waals surface area contributed by atoms with Gasteiger partial charge < -0.3 is 13.7 Å². The molecule has 0 saturated heterocycles. The molecule has 5 nitrogen and oxygen atoms in total. The molecule has 0 atom stereocenters. The van der Waals surface area contributed by atoms with Gasteiger partial charge in [0.15, 0.2) is 0 Å². The monoisotopic (exact) mass is 699 g/mol. The SMILES string of the molecule is N#Cc1ccc2c3ccccc3n(-c3cccc(C#N)c3-c3cccc(-n4c5ccccc5c5cc(-n6c7ccccc7c7ccccc76)ccc54)c3)c2c1. The van der Waals surface area contributed by atoms with Crippen LogP contribution in [0.15, 0.2) is 176 Å². The van der Waals surface area contributed by atoms with Crippen LogP contribution in [0.5, 0.6) is 0 Å². The summed E-state index contributed by atoms with van der Waals surface area (Å²) >= 11 is 0. The number of nitrogens with zero attached hydrogens (tertiary/aromatic N) is 5. The summed E-state index contributed by atoms with van der Waals surface area (Å²) < 4.78 is 6.90. The van der Waals surface area contributed by atoms with Gasteiger partial charge >= 0.3 is 0 Å². The second-order valence-electron chi connectivity index (χ2n) is 14.0. The summed E-state index contributed by atoms with van der Waals surface area (Å²) in [6, 6.07) is 65.9. The predicted molar refractivity (Wildman–Crippen MR) is 224 cm³/mol. The van der Waals surface area contributed by atoms with Crippen LogP contribution in [-0.4, -0.2) is 13.7 Å². The highest BCUT2D eigenvalue weighted by Crippen LogP contribution is 2.41. The van der Waals surface area contributed by atoms with Crippen molar-refractivity contribution in [3.05, 3.63) is 187 Å². The highest BCUT2D eigenvalue weighted by atomic mass is 15.0. The highest BCUT2D eigenvalue weighted by molar-refractivity contribution is 6.13. The number of nitriles is 2. The standard InChI is InChI=1S/C50H29N5/c51-30-32-23-25-41-39-16-3-8-21-46(39)55(49(41)27-32)48-22-10-12-34(31-52)50(48)33-11-9-13-35(28-33)53-45-20-7-4-17-40(45)42-29-36(24-26-47(42)53)54-43-18-5-1-14-37(43)38-15-2-6-19-44(38)54/h1-29H. The Morgan fingerprint density at radius 1 is 0.345 bits per heavy atom. The molecule has 11 rings (SSSR count). The van der Waals surface area contributed by atoms with Crippen LogP contribution in [0.2, 0.25) is 0 Å². The molecule has 8 aromatic carbocycles. The van der Waals surface area contributed by atoms with E-state index in [1.165, 1.54) is 27.2 Å². The largest absolute Gasteiger partial charge is 0.309 e. The van der Waals surface area contributed by atoms with Crippen LogP contribution in [0.25, 0.3) is 93.6 Å². The molecule has 0 unspecified atom stereocenters. The Kier molecular flexibility index (Phi) is 6.61. The van der Waals surface area contributed by atoms with E-state index in [4.69, 9.17) is 0 Å². The third-order valence-corrected chi connectivity index (χ3v) is 11.1. The molecular weight excluding hydrogens is 671 g/mol. The summed E-state index contributed by atoms with van der Waals surface area (Å²) in [5.74, 6) is 0. The van der Waals surface area contributed by atoms with Crippen molar-refractivity contribution in [3.63, 3.8) is 0 Å². The van der Waals surface area contributed by atoms with E-state index < -0.39 is 0 Å². The summed E-state index contributed by atoms with van der Waals surface area (Å²) in [5.41, 5.74) is 12.4. The van der Waals surface area contributed by atoms with Crippen molar-refractivity contribution in [3.8, 4) is 40.3 Å². The maximum atomic E-state index is 10.6. The van der Waals surface area contributed by atoms with Crippen LogP contribution in [0.4, 0.5) is 0 Å². The lowest BCUT2D eigenvalue weighted by Gasteiger charge is -2.17. The van der Waals surface area contributed by atoms with Crippen molar-refractivity contribution in [2.75, 3.05) is 0 Å². The first-order chi connectivity index (χ1) is 27.2. The Labute approximate surface area is 316 Å². The van der Waals surface area contributed by atoms with E-state index in [1.54, 1.807) is 0 Å². The molecule has 0 spiro atoms. The summed E-state index contributed by atoms with van der Waals surface area (Å²) in [6.45, 7) is 0. The van der Waals surface area contributed by atoms with Gasteiger partial charge in [-0.3, -0.25) is 0 Å². The number of para-hydroxylation sites is 4. The molecule has 0 amide bonds. The van der Waals surface area contributed by atoms with Crippen molar-refractivity contribution in [2.24, 2.45) is 0 Å². The van der Waals surface area contributed by atoms with Crippen LogP contribution in [0.3, 0.4) is 0 Å². The number of rotatable bonds is 4. The molecule has 5 heteroatoms. The minimum Gasteiger partial charge on any atom is -0.309 e. The molecule has 0 radical (unpaired) electrons. The van der Waals surface area contributed by atoms with Gasteiger partial charge in [-0.05, 0) is 84.4 Å². The molecule has 0 aliphatic heterocycles. The zero-order chi connectivity index (χ0) is 36.6. The van der Waals surface area contributed by atoms with Gasteiger partial charge in [0.05, 0.1) is 62.1 Å². The lowest BCUT2D eigenvalue weighted by atomic mass is 9.97. The fourth-order valence-electron chi connectivity index (χ4n) is 8.80. The van der Waals surface area contributed by atoms with Crippen LogP contribution in [0, 0.1) is 22.7 Å². The van der Waals surface area contributed by atoms with Crippen molar-refractivity contribution >= 4 is 65.4 Å². The van der Waals surface area contributed by atoms with Gasteiger partial charge in [0.25, 0.3) is 0 Å². The lowest BCUT2D eigenvalue weighted by molar-refractivity contribution is 1.16. The first-order valence-corrected chi connectivity index (χ1v) is 18.3. The summed E-state index contributed by atoms with van der Waals surface area (Å²) in [6.07, 6.45) is 0. The number of hydrogen-bond acceptors (Lipinski definition) is 2. The fraction of sp³-hybridized carbons (Fsp3) is 0. The molecule has 0 N–H and O–H groups in total. The highest BCUT2D eigenvalue weighted by Gasteiger charge is 2.21. The van der Waals surface area contributed by atoms with Gasteiger partial charge in [0.1, 0.15) is 0 Å². The summed E-state index contributed by atoms with van der Waals surface area (Å²) in [4.78, 5) is 0. The molecule has 0 aliphatic rings. The Morgan fingerprint density at radius 2 is 0.873 bits per heavy atom. The van der Waals surface area contributed by atoms with Gasteiger partial charge in [-0.1, -0.05) is 97.1 Å². The van der Waals surface area contributed by atoms with Crippen LogP contribution < -0.4 is 0 Å². The van der Waals surface area contributed by atoms with E-state index in [2.05, 4.69) is 159 Å². The number of benzene rings is 8. The molecular formula is C50H29N5. The van der Waals surface area contributed by atoms with Gasteiger partial charge in [-0.2, -0.15) is 10.5 Å². The van der Waals surface area contributed by atoms with Crippen LogP contribution in [0.1, 0.15) is 11.1 Å². The Hall–Kier alpha value is -7.86. The number of fused-ring (bicyclic) bond motifs is 9. The second kappa shape index (κ2) is 11.8. The maximum Gasteiger partial charge on any atom is 0.0998 e. The Morgan fingerprint density at radius 3 is 1.49 bits per heavy atom. The lowest BCUT2D eigenvalue weighted by Crippen LogP contribution is -2.01. The van der Waals surface area contributed by atoms with Crippen molar-refractivity contribution in [2.45, 2.75) is 0 Å². The minimum absolute atomic E-state index is 0.579. The smallest absolute Gasteiger partial charge is 0.0998 e. The van der Waals surface area contributed by atoms with Crippen LogP contribution in [-0.2, 0) is 0 Å². The number of aromatic nitrogens is 3. The maximum absolute atomic E-state index is 10.6. The summed E-state index contributed by atoms with van der Waals surface area (Å²) in [5, 5.41) is 27.4. The first-order valence-electron chi connectivity index (χ1n) is 18.3. The topological polar surface area (TPSA) is 62.4 Å². The normalized spacial score (nSPS) is 11.6. The summed E-state index contributed by atoms with van der Waals surface area (Å²) in [7, 11) is 0. The van der Waals surface area contributed by atoms with Crippen LogP contribution >= 0.6 is 0 Å². The third kappa shape index (κ3) is 4.45. The van der Waals surface area contributed by atoms with Gasteiger partial charge in [0, 0.05) is 49.3 Å². The molecule has 0 fully saturated rings. The molecule has 3 heterocycles. The molecule has 0 saturated carbocycles. The van der Waals surface area contributed by atoms with E-state index in [1.807, 2.05) is 42.5 Å². The van der Waals surface area contributed by atoms with E-state index in [0.29, 0.717) is 11.1 Å². The minimum atomic E-state index is 0.579. The molecule has 254 valence electrons. The molecule has 11 aromatic rings.